The second kappa shape index (κ2) is 12.5. The minimum atomic E-state index is -0.541. The first-order valence-electron chi connectivity index (χ1n) is 12.1. The first kappa shape index (κ1) is 25.0. The summed E-state index contributed by atoms with van der Waals surface area (Å²) in [5, 5.41) is 15.8. The number of carbonyl (C=O) groups is 3. The number of cyclic esters (lactones) is 1. The summed E-state index contributed by atoms with van der Waals surface area (Å²) in [6.45, 7) is 0.0134. The molecule has 0 unspecified atom stereocenters. The number of allylic oxidation sites excluding steroid dienone is 2. The van der Waals surface area contributed by atoms with E-state index in [2.05, 4.69) is 10.6 Å². The minimum Gasteiger partial charge on any atom is -0.463 e. The van der Waals surface area contributed by atoms with Gasteiger partial charge >= 0.3 is 5.97 Å². The second-order valence-corrected chi connectivity index (χ2v) is 9.27. The third-order valence-corrected chi connectivity index (χ3v) is 6.51. The van der Waals surface area contributed by atoms with Crippen LogP contribution < -0.4 is 10.6 Å². The number of amides is 2. The highest BCUT2D eigenvalue weighted by Crippen LogP contribution is 2.31. The molecule has 180 valence electrons. The maximum Gasteiger partial charge on any atom is 0.305 e. The van der Waals surface area contributed by atoms with Gasteiger partial charge in [-0.05, 0) is 44.1 Å². The van der Waals surface area contributed by atoms with Crippen molar-refractivity contribution in [2.75, 3.05) is 13.2 Å². The molecule has 3 rings (SSSR count). The van der Waals surface area contributed by atoms with E-state index in [-0.39, 0.29) is 37.4 Å². The molecule has 7 heteroatoms. The van der Waals surface area contributed by atoms with Crippen LogP contribution >= 0.6 is 0 Å². The first-order chi connectivity index (χ1) is 16.0. The zero-order valence-electron chi connectivity index (χ0n) is 19.3. The molecule has 0 bridgehead atoms. The average molecular weight is 457 g/mol. The number of hydrogen-bond donors (Lipinski definition) is 3. The number of esters is 1. The van der Waals surface area contributed by atoms with Gasteiger partial charge in [-0.1, -0.05) is 55.3 Å². The summed E-state index contributed by atoms with van der Waals surface area (Å²) >= 11 is 0. The van der Waals surface area contributed by atoms with Crippen molar-refractivity contribution in [2.45, 2.75) is 75.8 Å². The fourth-order valence-electron chi connectivity index (χ4n) is 4.61. The number of carbonyl (C=O) groups excluding carboxylic acids is 3. The Labute approximate surface area is 196 Å². The number of aliphatic hydroxyl groups is 1. The highest BCUT2D eigenvalue weighted by molar-refractivity contribution is 5.86. The first-order valence-corrected chi connectivity index (χ1v) is 12.1. The zero-order chi connectivity index (χ0) is 23.5. The van der Waals surface area contributed by atoms with Crippen LogP contribution in [0.25, 0.3) is 0 Å². The van der Waals surface area contributed by atoms with Crippen LogP contribution in [0.1, 0.15) is 63.4 Å². The Balaban J connectivity index is 1.65. The van der Waals surface area contributed by atoms with E-state index >= 15 is 0 Å². The van der Waals surface area contributed by atoms with Gasteiger partial charge in [-0.3, -0.25) is 14.4 Å². The molecule has 1 heterocycles. The molecule has 0 radical (unpaired) electrons. The Bertz CT molecular complexity index is 817. The van der Waals surface area contributed by atoms with Gasteiger partial charge < -0.3 is 20.5 Å². The van der Waals surface area contributed by atoms with Crippen molar-refractivity contribution >= 4 is 17.8 Å². The number of benzene rings is 1. The molecule has 1 aromatic rings. The molecule has 2 amide bonds. The van der Waals surface area contributed by atoms with Crippen LogP contribution in [0.5, 0.6) is 0 Å². The van der Waals surface area contributed by atoms with Gasteiger partial charge in [0.25, 0.3) is 0 Å². The molecule has 33 heavy (non-hydrogen) atoms. The molecule has 1 spiro atoms. The van der Waals surface area contributed by atoms with E-state index in [1.54, 1.807) is 0 Å². The summed E-state index contributed by atoms with van der Waals surface area (Å²) in [5.74, 6) is -1.19. The van der Waals surface area contributed by atoms with Crippen molar-refractivity contribution in [2.24, 2.45) is 5.92 Å². The molecule has 3 N–H and O–H groups in total. The van der Waals surface area contributed by atoms with E-state index < -0.39 is 17.5 Å². The van der Waals surface area contributed by atoms with Crippen LogP contribution in [0.2, 0.25) is 0 Å². The van der Waals surface area contributed by atoms with Gasteiger partial charge in [-0.25, -0.2) is 0 Å². The van der Waals surface area contributed by atoms with Crippen LogP contribution in [-0.2, 0) is 25.5 Å². The van der Waals surface area contributed by atoms with Gasteiger partial charge in [0.1, 0.15) is 6.61 Å². The van der Waals surface area contributed by atoms with E-state index in [1.807, 2.05) is 42.5 Å². The summed E-state index contributed by atoms with van der Waals surface area (Å²) < 4.78 is 5.50. The molecule has 0 aromatic heterocycles. The molecular weight excluding hydrogens is 420 g/mol. The van der Waals surface area contributed by atoms with E-state index in [0.717, 1.165) is 37.7 Å². The molecule has 1 saturated carbocycles. The van der Waals surface area contributed by atoms with Crippen LogP contribution in [0, 0.1) is 5.92 Å². The maximum absolute atomic E-state index is 13.2. The fraction of sp³-hybridized carbons (Fsp3) is 0.577. The summed E-state index contributed by atoms with van der Waals surface area (Å²) in [5.41, 5.74) is 0.484. The van der Waals surface area contributed by atoms with Crippen molar-refractivity contribution in [3.8, 4) is 0 Å². The minimum absolute atomic E-state index is 0.0390. The SMILES string of the molecule is O=C(C[C@H]1CC=CCCCC(=O)OCC2(CCCC2)NC1=O)N[C@H](CO)Cc1ccccc1. The number of aliphatic hydroxyl groups excluding tert-OH is 1. The van der Waals surface area contributed by atoms with Gasteiger partial charge in [0, 0.05) is 12.8 Å². The predicted molar refractivity (Wildman–Crippen MR) is 125 cm³/mol. The van der Waals surface area contributed by atoms with Crippen LogP contribution in [0.15, 0.2) is 42.5 Å². The molecular formula is C26H36N2O5. The smallest absolute Gasteiger partial charge is 0.305 e. The Morgan fingerprint density at radius 2 is 1.91 bits per heavy atom. The number of nitrogens with one attached hydrogen (secondary N) is 2. The van der Waals surface area contributed by atoms with Crippen molar-refractivity contribution in [3.05, 3.63) is 48.0 Å². The number of rotatable bonds is 6. The lowest BCUT2D eigenvalue weighted by Gasteiger charge is -2.31. The van der Waals surface area contributed by atoms with Crippen molar-refractivity contribution in [3.63, 3.8) is 0 Å². The Morgan fingerprint density at radius 3 is 2.64 bits per heavy atom. The van der Waals surface area contributed by atoms with E-state index in [1.165, 1.54) is 0 Å². The molecule has 1 fully saturated rings. The third kappa shape index (κ3) is 8.00. The van der Waals surface area contributed by atoms with Gasteiger partial charge in [0.2, 0.25) is 11.8 Å². The lowest BCUT2D eigenvalue weighted by atomic mass is 9.94. The summed E-state index contributed by atoms with van der Waals surface area (Å²) in [6, 6.07) is 9.27. The molecule has 2 atom stereocenters. The molecule has 1 aromatic carbocycles. The van der Waals surface area contributed by atoms with E-state index in [0.29, 0.717) is 25.7 Å². The largest absolute Gasteiger partial charge is 0.463 e. The summed E-state index contributed by atoms with van der Waals surface area (Å²) in [4.78, 5) is 38.1. The molecule has 0 saturated heterocycles. The number of hydrogen-bond acceptors (Lipinski definition) is 5. The Morgan fingerprint density at radius 1 is 1.15 bits per heavy atom. The van der Waals surface area contributed by atoms with Gasteiger partial charge in [0.15, 0.2) is 0 Å². The van der Waals surface area contributed by atoms with Crippen molar-refractivity contribution in [1.29, 1.82) is 0 Å². The van der Waals surface area contributed by atoms with Crippen molar-refractivity contribution < 1.29 is 24.2 Å². The lowest BCUT2D eigenvalue weighted by Crippen LogP contribution is -2.52. The summed E-state index contributed by atoms with van der Waals surface area (Å²) in [6.07, 6.45) is 10.2. The average Bonchev–Trinajstić information content (AvgIpc) is 3.27. The summed E-state index contributed by atoms with van der Waals surface area (Å²) in [7, 11) is 0. The Kier molecular flexibility index (Phi) is 9.48. The maximum atomic E-state index is 13.2. The van der Waals surface area contributed by atoms with Gasteiger partial charge in [0.05, 0.1) is 24.1 Å². The van der Waals surface area contributed by atoms with Crippen LogP contribution in [-0.4, -0.2) is 47.7 Å². The van der Waals surface area contributed by atoms with Gasteiger partial charge in [-0.15, -0.1) is 0 Å². The molecule has 7 nitrogen and oxygen atoms in total. The predicted octanol–water partition coefficient (Wildman–Crippen LogP) is 2.81. The highest BCUT2D eigenvalue weighted by Gasteiger charge is 2.38. The quantitative estimate of drug-likeness (QED) is 0.451. The zero-order valence-corrected chi connectivity index (χ0v) is 19.3. The van der Waals surface area contributed by atoms with E-state index in [9.17, 15) is 19.5 Å². The normalized spacial score (nSPS) is 22.4. The Hall–Kier alpha value is -2.67. The fourth-order valence-corrected chi connectivity index (χ4v) is 4.61. The standard InChI is InChI=1S/C26H36N2O5/c29-18-22(16-20-10-4-3-5-11-20)27-23(30)17-21-12-6-1-2-7-13-24(31)33-19-26(28-25(21)32)14-8-9-15-26/h1,3-6,10-11,21-22,29H,2,7-9,12-19H2,(H,27,30)(H,28,32)/t21-,22+/m1/s1. The number of ether oxygens (including phenoxy) is 1. The van der Waals surface area contributed by atoms with Crippen LogP contribution in [0.3, 0.4) is 0 Å². The third-order valence-electron chi connectivity index (χ3n) is 6.51. The van der Waals surface area contributed by atoms with E-state index in [4.69, 9.17) is 4.74 Å². The monoisotopic (exact) mass is 456 g/mol. The van der Waals surface area contributed by atoms with Gasteiger partial charge in [-0.2, -0.15) is 0 Å². The topological polar surface area (TPSA) is 105 Å². The highest BCUT2D eigenvalue weighted by atomic mass is 16.5. The second-order valence-electron chi connectivity index (χ2n) is 9.27. The van der Waals surface area contributed by atoms with Crippen molar-refractivity contribution in [1.82, 2.24) is 10.6 Å². The molecule has 1 aliphatic carbocycles. The lowest BCUT2D eigenvalue weighted by molar-refractivity contribution is -0.147. The molecule has 2 aliphatic rings. The van der Waals surface area contributed by atoms with Crippen LogP contribution in [0.4, 0.5) is 0 Å². The molecule has 1 aliphatic heterocycles.